The second-order valence-electron chi connectivity index (χ2n) is 6.63. The first-order chi connectivity index (χ1) is 13.1. The van der Waals surface area contributed by atoms with Gasteiger partial charge in [-0.1, -0.05) is 18.2 Å². The zero-order valence-corrected chi connectivity index (χ0v) is 15.1. The molecule has 0 radical (unpaired) electrons. The van der Waals surface area contributed by atoms with Crippen molar-refractivity contribution in [2.75, 3.05) is 19.7 Å². The maximum atomic E-state index is 14.4. The molecule has 142 valence electrons. The second kappa shape index (κ2) is 8.66. The molecule has 2 aromatic carbocycles. The van der Waals surface area contributed by atoms with Crippen LogP contribution in [0.15, 0.2) is 42.5 Å². The summed E-state index contributed by atoms with van der Waals surface area (Å²) >= 11 is 0. The van der Waals surface area contributed by atoms with Crippen LogP contribution in [0.2, 0.25) is 0 Å². The van der Waals surface area contributed by atoms with E-state index in [0.29, 0.717) is 30.8 Å². The van der Waals surface area contributed by atoms with Gasteiger partial charge in [0, 0.05) is 19.5 Å². The zero-order chi connectivity index (χ0) is 19.2. The third kappa shape index (κ3) is 4.64. The fourth-order valence-electron chi connectivity index (χ4n) is 3.23. The Morgan fingerprint density at radius 3 is 2.48 bits per heavy atom. The summed E-state index contributed by atoms with van der Waals surface area (Å²) < 4.78 is 20.0. The topological polar surface area (TPSA) is 72.6 Å². The van der Waals surface area contributed by atoms with Crippen LogP contribution in [0.25, 0.3) is 0 Å². The largest absolute Gasteiger partial charge is 0.492 e. The lowest BCUT2D eigenvalue weighted by atomic mass is 10.1. The molecule has 6 heteroatoms. The molecule has 0 saturated carbocycles. The number of ether oxygens (including phenoxy) is 1. The van der Waals surface area contributed by atoms with Crippen molar-refractivity contribution < 1.29 is 18.7 Å². The van der Waals surface area contributed by atoms with Crippen molar-refractivity contribution in [2.45, 2.75) is 25.7 Å². The Bertz CT molecular complexity index is 832. The van der Waals surface area contributed by atoms with E-state index in [9.17, 15) is 14.0 Å². The molecule has 1 aliphatic heterocycles. The molecule has 2 N–H and O–H groups in total. The Morgan fingerprint density at radius 1 is 1.04 bits per heavy atom. The number of nitrogens with zero attached hydrogens (tertiary/aromatic N) is 1. The van der Waals surface area contributed by atoms with Gasteiger partial charge in [-0.05, 0) is 49.1 Å². The molecular weight excluding hydrogens is 347 g/mol. The molecule has 1 aliphatic rings. The third-order valence-corrected chi connectivity index (χ3v) is 4.71. The van der Waals surface area contributed by atoms with Gasteiger partial charge in [0.25, 0.3) is 11.8 Å². The van der Waals surface area contributed by atoms with Crippen molar-refractivity contribution in [1.82, 2.24) is 4.90 Å². The number of likely N-dealkylation sites (tertiary alicyclic amines) is 1. The summed E-state index contributed by atoms with van der Waals surface area (Å²) in [6, 6.07) is 11.4. The summed E-state index contributed by atoms with van der Waals surface area (Å²) in [5, 5.41) is 0. The Hall–Kier alpha value is -2.89. The van der Waals surface area contributed by atoms with Crippen LogP contribution in [0.4, 0.5) is 4.39 Å². The number of hydrogen-bond donors (Lipinski definition) is 1. The van der Waals surface area contributed by atoms with Crippen molar-refractivity contribution in [3.8, 4) is 5.75 Å². The second-order valence-corrected chi connectivity index (χ2v) is 6.63. The predicted octanol–water partition coefficient (Wildman–Crippen LogP) is 3.17. The molecule has 0 unspecified atom stereocenters. The average Bonchev–Trinajstić information content (AvgIpc) is 2.68. The molecule has 0 atom stereocenters. The summed E-state index contributed by atoms with van der Waals surface area (Å²) in [7, 11) is 0. The molecule has 3 rings (SSSR count). The number of benzene rings is 2. The Morgan fingerprint density at radius 2 is 1.78 bits per heavy atom. The SMILES string of the molecule is NC(=O)c1ccccc1OCCc1ccc(C(=O)N2CCCCC2)c(F)c1. The lowest BCUT2D eigenvalue weighted by Gasteiger charge is -2.26. The highest BCUT2D eigenvalue weighted by Crippen LogP contribution is 2.19. The lowest BCUT2D eigenvalue weighted by Crippen LogP contribution is -2.36. The minimum Gasteiger partial charge on any atom is -0.492 e. The van der Waals surface area contributed by atoms with Crippen LogP contribution in [-0.4, -0.2) is 36.4 Å². The van der Waals surface area contributed by atoms with E-state index < -0.39 is 11.7 Å². The predicted molar refractivity (Wildman–Crippen MR) is 100 cm³/mol. The smallest absolute Gasteiger partial charge is 0.256 e. The molecule has 1 saturated heterocycles. The third-order valence-electron chi connectivity index (χ3n) is 4.71. The first-order valence-electron chi connectivity index (χ1n) is 9.15. The maximum absolute atomic E-state index is 14.4. The summed E-state index contributed by atoms with van der Waals surface area (Å²) in [5.41, 5.74) is 6.46. The zero-order valence-electron chi connectivity index (χ0n) is 15.1. The van der Waals surface area contributed by atoms with Crippen molar-refractivity contribution >= 4 is 11.8 Å². The van der Waals surface area contributed by atoms with Crippen LogP contribution in [-0.2, 0) is 6.42 Å². The normalized spacial score (nSPS) is 14.0. The standard InChI is InChI=1S/C21H23FN2O3/c22-18-14-15(8-9-16(18)21(26)24-11-4-1-5-12-24)10-13-27-19-7-3-2-6-17(19)20(23)25/h2-3,6-9,14H,1,4-5,10-13H2,(H2,23,25). The van der Waals surface area contributed by atoms with E-state index in [2.05, 4.69) is 0 Å². The Kier molecular flexibility index (Phi) is 6.06. The van der Waals surface area contributed by atoms with Gasteiger partial charge in [0.1, 0.15) is 11.6 Å². The van der Waals surface area contributed by atoms with Crippen molar-refractivity contribution in [3.63, 3.8) is 0 Å². The number of nitrogens with two attached hydrogens (primary N) is 1. The molecule has 2 aromatic rings. The van der Waals surface area contributed by atoms with Crippen LogP contribution < -0.4 is 10.5 Å². The molecule has 2 amide bonds. The van der Waals surface area contributed by atoms with Crippen LogP contribution in [0.3, 0.4) is 0 Å². The quantitative estimate of drug-likeness (QED) is 0.849. The number of carbonyl (C=O) groups is 2. The van der Waals surface area contributed by atoms with E-state index in [1.54, 1.807) is 41.3 Å². The van der Waals surface area contributed by atoms with Crippen molar-refractivity contribution in [1.29, 1.82) is 0 Å². The molecule has 0 spiro atoms. The lowest BCUT2D eigenvalue weighted by molar-refractivity contribution is 0.0719. The van der Waals surface area contributed by atoms with Crippen molar-refractivity contribution in [3.05, 3.63) is 65.0 Å². The highest BCUT2D eigenvalue weighted by molar-refractivity contribution is 5.95. The summed E-state index contributed by atoms with van der Waals surface area (Å²) in [5.74, 6) is -0.911. The number of piperidine rings is 1. The van der Waals surface area contributed by atoms with Crippen molar-refractivity contribution in [2.24, 2.45) is 5.73 Å². The number of amides is 2. The number of hydrogen-bond acceptors (Lipinski definition) is 3. The minimum atomic E-state index is -0.558. The van der Waals surface area contributed by atoms with E-state index in [1.165, 1.54) is 6.07 Å². The van der Waals surface area contributed by atoms with E-state index in [1.807, 2.05) is 0 Å². The van der Waals surface area contributed by atoms with Gasteiger partial charge in [-0.3, -0.25) is 9.59 Å². The van der Waals surface area contributed by atoms with Gasteiger partial charge in [-0.25, -0.2) is 4.39 Å². The van der Waals surface area contributed by atoms with Crippen LogP contribution >= 0.6 is 0 Å². The first-order valence-corrected chi connectivity index (χ1v) is 9.15. The Labute approximate surface area is 157 Å². The maximum Gasteiger partial charge on any atom is 0.256 e. The van der Waals surface area contributed by atoms with E-state index >= 15 is 0 Å². The summed E-state index contributed by atoms with van der Waals surface area (Å²) in [6.07, 6.45) is 3.50. The first kappa shape index (κ1) is 18.9. The summed E-state index contributed by atoms with van der Waals surface area (Å²) in [4.78, 5) is 25.6. The van der Waals surface area contributed by atoms with Gasteiger partial charge < -0.3 is 15.4 Å². The molecule has 1 fully saturated rings. The monoisotopic (exact) mass is 370 g/mol. The molecule has 0 bridgehead atoms. The average molecular weight is 370 g/mol. The number of halogens is 1. The highest BCUT2D eigenvalue weighted by atomic mass is 19.1. The van der Waals surface area contributed by atoms with Crippen LogP contribution in [0, 0.1) is 5.82 Å². The van der Waals surface area contributed by atoms with Gasteiger partial charge in [0.15, 0.2) is 0 Å². The van der Waals surface area contributed by atoms with Crippen LogP contribution in [0.1, 0.15) is 45.5 Å². The number of primary amides is 1. The molecule has 1 heterocycles. The van der Waals surface area contributed by atoms with E-state index in [0.717, 1.165) is 24.8 Å². The van der Waals surface area contributed by atoms with Gasteiger partial charge in [-0.2, -0.15) is 0 Å². The van der Waals surface area contributed by atoms with E-state index in [4.69, 9.17) is 10.5 Å². The molecular formula is C21H23FN2O3. The highest BCUT2D eigenvalue weighted by Gasteiger charge is 2.21. The number of para-hydroxylation sites is 1. The Balaban J connectivity index is 1.61. The molecule has 0 aliphatic carbocycles. The fraction of sp³-hybridized carbons (Fsp3) is 0.333. The fourth-order valence-corrected chi connectivity index (χ4v) is 3.23. The minimum absolute atomic E-state index is 0.112. The van der Waals surface area contributed by atoms with E-state index in [-0.39, 0.29) is 18.1 Å². The van der Waals surface area contributed by atoms with Gasteiger partial charge in [0.2, 0.25) is 0 Å². The van der Waals surface area contributed by atoms with Crippen LogP contribution in [0.5, 0.6) is 5.75 Å². The molecule has 5 nitrogen and oxygen atoms in total. The van der Waals surface area contributed by atoms with Gasteiger partial charge in [0.05, 0.1) is 17.7 Å². The van der Waals surface area contributed by atoms with Gasteiger partial charge in [-0.15, -0.1) is 0 Å². The molecule has 0 aromatic heterocycles. The summed E-state index contributed by atoms with van der Waals surface area (Å²) in [6.45, 7) is 1.64. The number of carbonyl (C=O) groups excluding carboxylic acids is 2. The number of rotatable bonds is 6. The molecule has 27 heavy (non-hydrogen) atoms. The van der Waals surface area contributed by atoms with Gasteiger partial charge >= 0.3 is 0 Å².